The van der Waals surface area contributed by atoms with Gasteiger partial charge in [0.1, 0.15) is 0 Å². The van der Waals surface area contributed by atoms with Gasteiger partial charge in [-0.25, -0.2) is 0 Å². The van der Waals surface area contributed by atoms with E-state index in [1.54, 1.807) is 6.20 Å². The molecule has 1 aliphatic heterocycles. The SMILES string of the molecule is CNc1cnn(Cc2ccc3c(c2)OCO3)c1.Cl. The molecule has 0 fully saturated rings. The predicted octanol–water partition coefficient (Wildman–Crippen LogP) is 2.12. The molecular weight excluding hydrogens is 254 g/mol. The standard InChI is InChI=1S/C12H13N3O2.ClH/c1-13-10-5-14-15(7-10)6-9-2-3-11-12(4-9)17-8-16-11;/h2-5,7,13H,6,8H2,1H3;1H. The van der Waals surface area contributed by atoms with Gasteiger partial charge < -0.3 is 14.8 Å². The molecule has 0 saturated heterocycles. The molecule has 0 bridgehead atoms. The van der Waals surface area contributed by atoms with Crippen LogP contribution in [0.25, 0.3) is 0 Å². The van der Waals surface area contributed by atoms with Crippen LogP contribution in [0, 0.1) is 0 Å². The minimum absolute atomic E-state index is 0. The fourth-order valence-electron chi connectivity index (χ4n) is 1.81. The Morgan fingerprint density at radius 1 is 1.33 bits per heavy atom. The highest BCUT2D eigenvalue weighted by molar-refractivity contribution is 5.85. The van der Waals surface area contributed by atoms with Crippen LogP contribution in [0.3, 0.4) is 0 Å². The first kappa shape index (κ1) is 12.6. The Morgan fingerprint density at radius 3 is 2.94 bits per heavy atom. The van der Waals surface area contributed by atoms with Crippen LogP contribution in [-0.2, 0) is 6.54 Å². The smallest absolute Gasteiger partial charge is 0.231 e. The van der Waals surface area contributed by atoms with Crippen molar-refractivity contribution in [2.75, 3.05) is 19.2 Å². The number of fused-ring (bicyclic) bond motifs is 1. The number of aromatic nitrogens is 2. The molecule has 1 N–H and O–H groups in total. The number of benzene rings is 1. The van der Waals surface area contributed by atoms with E-state index in [1.165, 1.54) is 0 Å². The van der Waals surface area contributed by atoms with Crippen molar-refractivity contribution in [2.45, 2.75) is 6.54 Å². The van der Waals surface area contributed by atoms with E-state index in [-0.39, 0.29) is 12.4 Å². The summed E-state index contributed by atoms with van der Waals surface area (Å²) in [5, 5.41) is 7.30. The van der Waals surface area contributed by atoms with Crippen molar-refractivity contribution in [2.24, 2.45) is 0 Å². The Kier molecular flexibility index (Phi) is 3.62. The van der Waals surface area contributed by atoms with Crippen LogP contribution in [0.4, 0.5) is 5.69 Å². The molecule has 1 aromatic carbocycles. The molecule has 1 aromatic heterocycles. The van der Waals surface area contributed by atoms with E-state index in [1.807, 2.05) is 36.1 Å². The van der Waals surface area contributed by atoms with Crippen LogP contribution in [0.2, 0.25) is 0 Å². The van der Waals surface area contributed by atoms with E-state index >= 15 is 0 Å². The lowest BCUT2D eigenvalue weighted by atomic mass is 10.2. The molecule has 2 aromatic rings. The van der Waals surface area contributed by atoms with Crippen molar-refractivity contribution >= 4 is 18.1 Å². The second-order valence-electron chi connectivity index (χ2n) is 3.86. The number of nitrogens with one attached hydrogen (secondary N) is 1. The van der Waals surface area contributed by atoms with Gasteiger partial charge in [-0.3, -0.25) is 4.68 Å². The normalized spacial score (nSPS) is 12.1. The van der Waals surface area contributed by atoms with Gasteiger partial charge in [0.05, 0.1) is 18.4 Å². The van der Waals surface area contributed by atoms with Crippen LogP contribution >= 0.6 is 12.4 Å². The molecule has 5 nitrogen and oxygen atoms in total. The highest BCUT2D eigenvalue weighted by atomic mass is 35.5. The van der Waals surface area contributed by atoms with Gasteiger partial charge in [-0.2, -0.15) is 5.10 Å². The third kappa shape index (κ3) is 2.36. The largest absolute Gasteiger partial charge is 0.454 e. The Morgan fingerprint density at radius 2 is 2.17 bits per heavy atom. The third-order valence-corrected chi connectivity index (χ3v) is 2.70. The van der Waals surface area contributed by atoms with Crippen LogP contribution in [-0.4, -0.2) is 23.6 Å². The lowest BCUT2D eigenvalue weighted by Crippen LogP contribution is -1.99. The summed E-state index contributed by atoms with van der Waals surface area (Å²) >= 11 is 0. The molecule has 0 unspecified atom stereocenters. The molecule has 1 aliphatic rings. The first-order valence-electron chi connectivity index (χ1n) is 5.44. The van der Waals surface area contributed by atoms with Crippen molar-refractivity contribution in [1.82, 2.24) is 9.78 Å². The highest BCUT2D eigenvalue weighted by Crippen LogP contribution is 2.32. The van der Waals surface area contributed by atoms with Gasteiger partial charge in [-0.05, 0) is 17.7 Å². The van der Waals surface area contributed by atoms with E-state index in [4.69, 9.17) is 9.47 Å². The number of ether oxygens (including phenoxy) is 2. The maximum atomic E-state index is 5.34. The van der Waals surface area contributed by atoms with Crippen LogP contribution in [0.1, 0.15) is 5.56 Å². The second-order valence-corrected chi connectivity index (χ2v) is 3.86. The van der Waals surface area contributed by atoms with E-state index in [0.29, 0.717) is 6.79 Å². The quantitative estimate of drug-likeness (QED) is 0.925. The molecule has 0 radical (unpaired) electrons. The predicted molar refractivity (Wildman–Crippen MR) is 70.7 cm³/mol. The third-order valence-electron chi connectivity index (χ3n) is 2.70. The van der Waals surface area contributed by atoms with E-state index in [2.05, 4.69) is 10.4 Å². The maximum Gasteiger partial charge on any atom is 0.231 e. The molecule has 0 aliphatic carbocycles. The van der Waals surface area contributed by atoms with Crippen molar-refractivity contribution in [3.63, 3.8) is 0 Å². The van der Waals surface area contributed by atoms with Crippen molar-refractivity contribution < 1.29 is 9.47 Å². The molecule has 0 amide bonds. The summed E-state index contributed by atoms with van der Waals surface area (Å²) in [6.45, 7) is 1.03. The number of hydrogen-bond donors (Lipinski definition) is 1. The molecule has 3 rings (SSSR count). The molecule has 0 saturated carbocycles. The van der Waals surface area contributed by atoms with Gasteiger partial charge in [0, 0.05) is 13.2 Å². The fraction of sp³-hybridized carbons (Fsp3) is 0.250. The van der Waals surface area contributed by atoms with E-state index < -0.39 is 0 Å². The summed E-state index contributed by atoms with van der Waals surface area (Å²) in [7, 11) is 1.88. The number of nitrogens with zero attached hydrogens (tertiary/aromatic N) is 2. The van der Waals surface area contributed by atoms with Gasteiger partial charge in [-0.15, -0.1) is 12.4 Å². The van der Waals surface area contributed by atoms with Crippen LogP contribution in [0.15, 0.2) is 30.6 Å². The maximum absolute atomic E-state index is 5.34. The molecular formula is C12H14ClN3O2. The van der Waals surface area contributed by atoms with Gasteiger partial charge in [0.15, 0.2) is 11.5 Å². The average Bonchev–Trinajstić information content (AvgIpc) is 2.96. The molecule has 0 atom stereocenters. The zero-order chi connectivity index (χ0) is 11.7. The molecule has 18 heavy (non-hydrogen) atoms. The monoisotopic (exact) mass is 267 g/mol. The Bertz CT molecular complexity index is 542. The Hall–Kier alpha value is -1.88. The first-order chi connectivity index (χ1) is 8.35. The molecule has 6 heteroatoms. The molecule has 2 heterocycles. The highest BCUT2D eigenvalue weighted by Gasteiger charge is 2.13. The van der Waals surface area contributed by atoms with Crippen molar-refractivity contribution in [3.05, 3.63) is 36.2 Å². The zero-order valence-electron chi connectivity index (χ0n) is 9.92. The number of halogens is 1. The Balaban J connectivity index is 0.00000120. The average molecular weight is 268 g/mol. The van der Waals surface area contributed by atoms with Crippen molar-refractivity contribution in [3.8, 4) is 11.5 Å². The van der Waals surface area contributed by atoms with Crippen LogP contribution in [0.5, 0.6) is 11.5 Å². The Labute approximate surface area is 111 Å². The van der Waals surface area contributed by atoms with Gasteiger partial charge >= 0.3 is 0 Å². The number of rotatable bonds is 3. The molecule has 96 valence electrons. The zero-order valence-corrected chi connectivity index (χ0v) is 10.7. The van der Waals surface area contributed by atoms with E-state index in [0.717, 1.165) is 29.3 Å². The van der Waals surface area contributed by atoms with Crippen LogP contribution < -0.4 is 14.8 Å². The topological polar surface area (TPSA) is 48.3 Å². The summed E-state index contributed by atoms with van der Waals surface area (Å²) in [6.07, 6.45) is 3.76. The minimum Gasteiger partial charge on any atom is -0.454 e. The summed E-state index contributed by atoms with van der Waals surface area (Å²) in [4.78, 5) is 0. The van der Waals surface area contributed by atoms with Gasteiger partial charge in [-0.1, -0.05) is 6.07 Å². The molecule has 0 spiro atoms. The lowest BCUT2D eigenvalue weighted by Gasteiger charge is -2.03. The minimum atomic E-state index is 0. The first-order valence-corrected chi connectivity index (χ1v) is 5.44. The summed E-state index contributed by atoms with van der Waals surface area (Å²) < 4.78 is 12.5. The summed E-state index contributed by atoms with van der Waals surface area (Å²) in [5.41, 5.74) is 2.14. The summed E-state index contributed by atoms with van der Waals surface area (Å²) in [6, 6.07) is 5.94. The second kappa shape index (κ2) is 5.18. The number of anilines is 1. The summed E-state index contributed by atoms with van der Waals surface area (Å²) in [5.74, 6) is 1.62. The van der Waals surface area contributed by atoms with Crippen molar-refractivity contribution in [1.29, 1.82) is 0 Å². The van der Waals surface area contributed by atoms with E-state index in [9.17, 15) is 0 Å². The lowest BCUT2D eigenvalue weighted by molar-refractivity contribution is 0.174. The van der Waals surface area contributed by atoms with Gasteiger partial charge in [0.2, 0.25) is 6.79 Å². The number of hydrogen-bond acceptors (Lipinski definition) is 4. The fourth-order valence-corrected chi connectivity index (χ4v) is 1.81. The van der Waals surface area contributed by atoms with Gasteiger partial charge in [0.25, 0.3) is 0 Å².